The van der Waals surface area contributed by atoms with E-state index in [-0.39, 0.29) is 5.25 Å². The molecule has 0 N–H and O–H groups in total. The summed E-state index contributed by atoms with van der Waals surface area (Å²) < 4.78 is 23.1. The Hall–Kier alpha value is -0.870. The Morgan fingerprint density at radius 3 is 2.15 bits per heavy atom. The number of likely N-dealkylation sites (tertiary alicyclic amines) is 1. The predicted molar refractivity (Wildman–Crippen MR) is 83.7 cm³/mol. The quantitative estimate of drug-likeness (QED) is 0.857. The van der Waals surface area contributed by atoms with E-state index >= 15 is 0 Å². The van der Waals surface area contributed by atoms with E-state index in [4.69, 9.17) is 0 Å². The molecule has 1 saturated heterocycles. The zero-order valence-electron chi connectivity index (χ0n) is 12.7. The number of benzene rings is 1. The van der Waals surface area contributed by atoms with Crippen molar-refractivity contribution in [2.75, 3.05) is 19.3 Å². The number of rotatable bonds is 4. The van der Waals surface area contributed by atoms with Crippen molar-refractivity contribution in [2.45, 2.75) is 44.4 Å². The third kappa shape index (κ3) is 4.06. The van der Waals surface area contributed by atoms with Crippen LogP contribution in [0, 0.1) is 0 Å². The molecule has 1 aliphatic heterocycles. The molecule has 0 atom stereocenters. The Bertz CT molecular complexity index is 526. The minimum atomic E-state index is -2.86. The topological polar surface area (TPSA) is 37.4 Å². The van der Waals surface area contributed by atoms with Crippen LogP contribution in [0.4, 0.5) is 0 Å². The van der Waals surface area contributed by atoms with Gasteiger partial charge in [-0.15, -0.1) is 0 Å². The van der Waals surface area contributed by atoms with Gasteiger partial charge in [-0.2, -0.15) is 0 Å². The number of sulfone groups is 1. The number of piperidine rings is 1. The molecule has 1 aromatic rings. The Morgan fingerprint density at radius 1 is 1.15 bits per heavy atom. The minimum absolute atomic E-state index is 0.137. The normalized spacial score (nSPS) is 18.6. The summed E-state index contributed by atoms with van der Waals surface area (Å²) in [7, 11) is -2.86. The Labute approximate surface area is 122 Å². The monoisotopic (exact) mass is 295 g/mol. The van der Waals surface area contributed by atoms with E-state index in [1.165, 1.54) is 17.4 Å². The summed E-state index contributed by atoms with van der Waals surface area (Å²) in [5.74, 6) is 0.564. The molecule has 1 heterocycles. The lowest BCUT2D eigenvalue weighted by Gasteiger charge is -2.31. The van der Waals surface area contributed by atoms with Crippen molar-refractivity contribution in [3.05, 3.63) is 35.4 Å². The first kappa shape index (κ1) is 15.5. The second kappa shape index (κ2) is 6.27. The van der Waals surface area contributed by atoms with Crippen molar-refractivity contribution in [1.82, 2.24) is 4.90 Å². The summed E-state index contributed by atoms with van der Waals surface area (Å²) in [5.41, 5.74) is 2.68. The van der Waals surface area contributed by atoms with E-state index in [1.54, 1.807) is 0 Å². The van der Waals surface area contributed by atoms with Crippen LogP contribution in [0.15, 0.2) is 24.3 Å². The van der Waals surface area contributed by atoms with Crippen LogP contribution in [-0.4, -0.2) is 37.9 Å². The van der Waals surface area contributed by atoms with Crippen molar-refractivity contribution in [3.8, 4) is 0 Å². The van der Waals surface area contributed by atoms with Gasteiger partial charge in [-0.1, -0.05) is 38.1 Å². The minimum Gasteiger partial charge on any atom is -0.299 e. The van der Waals surface area contributed by atoms with Gasteiger partial charge >= 0.3 is 0 Å². The number of hydrogen-bond acceptors (Lipinski definition) is 3. The predicted octanol–water partition coefficient (Wildman–Crippen LogP) is 2.82. The molecule has 0 aliphatic carbocycles. The van der Waals surface area contributed by atoms with Crippen molar-refractivity contribution in [3.63, 3.8) is 0 Å². The molecule has 0 radical (unpaired) electrons. The molecule has 0 bridgehead atoms. The van der Waals surface area contributed by atoms with Crippen LogP contribution >= 0.6 is 0 Å². The van der Waals surface area contributed by atoms with Crippen LogP contribution in [0.2, 0.25) is 0 Å². The number of nitrogens with zero attached hydrogens (tertiary/aromatic N) is 1. The molecule has 20 heavy (non-hydrogen) atoms. The third-order valence-corrected chi connectivity index (χ3v) is 5.88. The molecule has 0 spiro atoms. The second-order valence-corrected chi connectivity index (χ2v) is 8.53. The van der Waals surface area contributed by atoms with Gasteiger partial charge in [0.2, 0.25) is 0 Å². The van der Waals surface area contributed by atoms with Gasteiger partial charge < -0.3 is 0 Å². The molecular weight excluding hydrogens is 270 g/mol. The van der Waals surface area contributed by atoms with E-state index in [0.29, 0.717) is 5.92 Å². The van der Waals surface area contributed by atoms with Crippen molar-refractivity contribution in [2.24, 2.45) is 0 Å². The smallest absolute Gasteiger partial charge is 0.150 e. The van der Waals surface area contributed by atoms with Crippen LogP contribution in [0.1, 0.15) is 43.7 Å². The zero-order chi connectivity index (χ0) is 14.8. The van der Waals surface area contributed by atoms with Crippen LogP contribution in [0.5, 0.6) is 0 Å². The van der Waals surface area contributed by atoms with Gasteiger partial charge in [0, 0.05) is 12.8 Å². The SMILES string of the molecule is CC(C)c1ccc(CN2CCC(S(C)(=O)=O)CC2)cc1. The molecule has 0 saturated carbocycles. The van der Waals surface area contributed by atoms with Crippen LogP contribution in [0.25, 0.3) is 0 Å². The molecular formula is C16H25NO2S. The van der Waals surface area contributed by atoms with Crippen molar-refractivity contribution >= 4 is 9.84 Å². The summed E-state index contributed by atoms with van der Waals surface area (Å²) >= 11 is 0. The maximum atomic E-state index is 11.5. The van der Waals surface area contributed by atoms with Gasteiger partial charge in [0.25, 0.3) is 0 Å². The van der Waals surface area contributed by atoms with Crippen molar-refractivity contribution < 1.29 is 8.42 Å². The van der Waals surface area contributed by atoms with Gasteiger partial charge in [-0.25, -0.2) is 8.42 Å². The van der Waals surface area contributed by atoms with E-state index in [2.05, 4.69) is 43.0 Å². The lowest BCUT2D eigenvalue weighted by molar-refractivity contribution is 0.222. The molecule has 0 aromatic heterocycles. The van der Waals surface area contributed by atoms with Gasteiger partial charge in [-0.05, 0) is 43.0 Å². The Balaban J connectivity index is 1.89. The van der Waals surface area contributed by atoms with E-state index in [1.807, 2.05) is 0 Å². The first-order chi connectivity index (χ1) is 9.36. The zero-order valence-corrected chi connectivity index (χ0v) is 13.5. The fourth-order valence-corrected chi connectivity index (χ4v) is 3.83. The molecule has 1 aromatic carbocycles. The third-order valence-electron chi connectivity index (χ3n) is 4.19. The molecule has 3 nitrogen and oxygen atoms in total. The average molecular weight is 295 g/mol. The molecule has 112 valence electrons. The largest absolute Gasteiger partial charge is 0.299 e. The van der Waals surface area contributed by atoms with Gasteiger partial charge in [-0.3, -0.25) is 4.90 Å². The summed E-state index contributed by atoms with van der Waals surface area (Å²) in [6, 6.07) is 8.78. The van der Waals surface area contributed by atoms with Crippen LogP contribution in [0.3, 0.4) is 0 Å². The highest BCUT2D eigenvalue weighted by Crippen LogP contribution is 2.20. The van der Waals surface area contributed by atoms with Gasteiger partial charge in [0.05, 0.1) is 5.25 Å². The maximum Gasteiger partial charge on any atom is 0.150 e. The van der Waals surface area contributed by atoms with Crippen LogP contribution in [-0.2, 0) is 16.4 Å². The summed E-state index contributed by atoms with van der Waals surface area (Å²) in [5, 5.41) is -0.137. The van der Waals surface area contributed by atoms with Gasteiger partial charge in [0.15, 0.2) is 0 Å². The molecule has 1 fully saturated rings. The summed E-state index contributed by atoms with van der Waals surface area (Å²) in [6.45, 7) is 7.08. The highest BCUT2D eigenvalue weighted by molar-refractivity contribution is 7.91. The molecule has 0 amide bonds. The van der Waals surface area contributed by atoms with E-state index < -0.39 is 9.84 Å². The molecule has 0 unspecified atom stereocenters. The van der Waals surface area contributed by atoms with Crippen LogP contribution < -0.4 is 0 Å². The number of hydrogen-bond donors (Lipinski definition) is 0. The first-order valence-corrected chi connectivity index (χ1v) is 9.32. The lowest BCUT2D eigenvalue weighted by Crippen LogP contribution is -2.38. The highest BCUT2D eigenvalue weighted by atomic mass is 32.2. The summed E-state index contributed by atoms with van der Waals surface area (Å²) in [6.07, 6.45) is 2.89. The van der Waals surface area contributed by atoms with E-state index in [9.17, 15) is 8.42 Å². The Morgan fingerprint density at radius 2 is 1.70 bits per heavy atom. The maximum absolute atomic E-state index is 11.5. The fraction of sp³-hybridized carbons (Fsp3) is 0.625. The Kier molecular flexibility index (Phi) is 4.86. The van der Waals surface area contributed by atoms with E-state index in [0.717, 1.165) is 32.5 Å². The first-order valence-electron chi connectivity index (χ1n) is 7.36. The second-order valence-electron chi connectivity index (χ2n) is 6.20. The fourth-order valence-electron chi connectivity index (χ4n) is 2.76. The lowest BCUT2D eigenvalue weighted by atomic mass is 10.0. The average Bonchev–Trinajstić information content (AvgIpc) is 2.39. The molecule has 2 rings (SSSR count). The highest BCUT2D eigenvalue weighted by Gasteiger charge is 2.26. The van der Waals surface area contributed by atoms with Crippen molar-refractivity contribution in [1.29, 1.82) is 0 Å². The standard InChI is InChI=1S/C16H25NO2S/c1-13(2)15-6-4-14(5-7-15)12-17-10-8-16(9-11-17)20(3,18)19/h4-7,13,16H,8-12H2,1-3H3. The molecule has 4 heteroatoms. The summed E-state index contributed by atoms with van der Waals surface area (Å²) in [4.78, 5) is 2.35. The van der Waals surface area contributed by atoms with Gasteiger partial charge in [0.1, 0.15) is 9.84 Å². The molecule has 1 aliphatic rings.